The maximum Gasteiger partial charge on any atom is 0.138 e. The van der Waals surface area contributed by atoms with Gasteiger partial charge >= 0.3 is 0 Å². The molecular formula is C8H12NO+. The first-order chi connectivity index (χ1) is 4.84. The molecule has 1 rings (SSSR count). The SMILES string of the molecule is C[C@H]([NH2+]O)c1ccccc1. The lowest BCUT2D eigenvalue weighted by atomic mass is 10.1. The normalized spacial score (nSPS) is 13.0. The second-order valence-corrected chi connectivity index (χ2v) is 2.35. The van der Waals surface area contributed by atoms with Gasteiger partial charge in [-0.2, -0.15) is 5.48 Å². The third-order valence-corrected chi connectivity index (χ3v) is 1.55. The van der Waals surface area contributed by atoms with Gasteiger partial charge in [-0.1, -0.05) is 30.3 Å². The molecule has 1 aromatic carbocycles. The van der Waals surface area contributed by atoms with E-state index in [-0.39, 0.29) is 6.04 Å². The molecule has 0 aromatic heterocycles. The van der Waals surface area contributed by atoms with Crippen molar-refractivity contribution >= 4 is 0 Å². The molecule has 1 aromatic rings. The topological polar surface area (TPSA) is 36.8 Å². The molecule has 10 heavy (non-hydrogen) atoms. The molecule has 3 N–H and O–H groups in total. The molecule has 0 heterocycles. The van der Waals surface area contributed by atoms with Crippen LogP contribution in [0.2, 0.25) is 0 Å². The van der Waals surface area contributed by atoms with Gasteiger partial charge in [0.1, 0.15) is 6.04 Å². The highest BCUT2D eigenvalue weighted by molar-refractivity contribution is 5.15. The van der Waals surface area contributed by atoms with Crippen molar-refractivity contribution in [1.82, 2.24) is 0 Å². The Morgan fingerprint density at radius 1 is 1.30 bits per heavy atom. The lowest BCUT2D eigenvalue weighted by molar-refractivity contribution is -0.913. The number of nitrogens with two attached hydrogens (primary N) is 1. The van der Waals surface area contributed by atoms with E-state index in [2.05, 4.69) is 0 Å². The van der Waals surface area contributed by atoms with Crippen LogP contribution < -0.4 is 5.48 Å². The van der Waals surface area contributed by atoms with Crippen LogP contribution in [-0.2, 0) is 0 Å². The van der Waals surface area contributed by atoms with Crippen LogP contribution in [0, 0.1) is 0 Å². The summed E-state index contributed by atoms with van der Waals surface area (Å²) in [7, 11) is 0. The molecule has 54 valence electrons. The molecule has 1 atom stereocenters. The number of hydrogen-bond donors (Lipinski definition) is 2. The molecule has 0 aliphatic carbocycles. The van der Waals surface area contributed by atoms with Crippen molar-refractivity contribution in [3.63, 3.8) is 0 Å². The van der Waals surface area contributed by atoms with Gasteiger partial charge in [0, 0.05) is 5.56 Å². The smallest absolute Gasteiger partial charge is 0.138 e. The molecule has 2 heteroatoms. The fourth-order valence-corrected chi connectivity index (χ4v) is 0.843. The Balaban J connectivity index is 2.75. The molecule has 0 amide bonds. The number of benzene rings is 1. The van der Waals surface area contributed by atoms with E-state index in [0.717, 1.165) is 5.56 Å². The molecule has 0 aliphatic rings. The molecule has 0 saturated heterocycles. The van der Waals surface area contributed by atoms with Crippen molar-refractivity contribution in [2.75, 3.05) is 0 Å². The fraction of sp³-hybridized carbons (Fsp3) is 0.250. The van der Waals surface area contributed by atoms with Crippen molar-refractivity contribution in [2.24, 2.45) is 0 Å². The van der Waals surface area contributed by atoms with Crippen LogP contribution in [0.5, 0.6) is 0 Å². The number of hydroxylamine groups is 1. The van der Waals surface area contributed by atoms with Gasteiger partial charge in [0.25, 0.3) is 0 Å². The lowest BCUT2D eigenvalue weighted by Gasteiger charge is -2.03. The maximum atomic E-state index is 8.66. The number of hydrogen-bond acceptors (Lipinski definition) is 1. The summed E-state index contributed by atoms with van der Waals surface area (Å²) in [5.41, 5.74) is 2.35. The molecule has 0 radical (unpaired) electrons. The van der Waals surface area contributed by atoms with Gasteiger partial charge in [-0.05, 0) is 6.92 Å². The highest BCUT2D eigenvalue weighted by Gasteiger charge is 2.03. The van der Waals surface area contributed by atoms with Crippen LogP contribution >= 0.6 is 0 Å². The van der Waals surface area contributed by atoms with E-state index in [0.29, 0.717) is 0 Å². The Hall–Kier alpha value is -0.860. The van der Waals surface area contributed by atoms with Crippen molar-refractivity contribution in [1.29, 1.82) is 0 Å². The highest BCUT2D eigenvalue weighted by atomic mass is 16.5. The van der Waals surface area contributed by atoms with Gasteiger partial charge in [0.2, 0.25) is 0 Å². The Labute approximate surface area is 60.5 Å². The zero-order valence-electron chi connectivity index (χ0n) is 5.99. The van der Waals surface area contributed by atoms with Gasteiger partial charge in [-0.3, -0.25) is 0 Å². The molecule has 0 unspecified atom stereocenters. The van der Waals surface area contributed by atoms with Crippen molar-refractivity contribution < 1.29 is 10.7 Å². The van der Waals surface area contributed by atoms with E-state index < -0.39 is 0 Å². The monoisotopic (exact) mass is 138 g/mol. The third kappa shape index (κ3) is 1.56. The van der Waals surface area contributed by atoms with E-state index in [1.807, 2.05) is 37.3 Å². The Kier molecular flexibility index (Phi) is 2.42. The predicted molar refractivity (Wildman–Crippen MR) is 38.6 cm³/mol. The van der Waals surface area contributed by atoms with Crippen LogP contribution in [0.25, 0.3) is 0 Å². The average molecular weight is 138 g/mol. The quantitative estimate of drug-likeness (QED) is 0.580. The summed E-state index contributed by atoms with van der Waals surface area (Å²) >= 11 is 0. The first kappa shape index (κ1) is 7.25. The first-order valence-corrected chi connectivity index (χ1v) is 3.37. The fourth-order valence-electron chi connectivity index (χ4n) is 0.843. The van der Waals surface area contributed by atoms with E-state index >= 15 is 0 Å². The van der Waals surface area contributed by atoms with Crippen LogP contribution in [0.15, 0.2) is 30.3 Å². The Bertz CT molecular complexity index is 186. The summed E-state index contributed by atoms with van der Waals surface area (Å²) in [6, 6.07) is 10.0. The molecule has 0 saturated carbocycles. The summed E-state index contributed by atoms with van der Waals surface area (Å²) < 4.78 is 0. The Morgan fingerprint density at radius 3 is 2.40 bits per heavy atom. The second-order valence-electron chi connectivity index (χ2n) is 2.35. The van der Waals surface area contributed by atoms with Gasteiger partial charge < -0.3 is 0 Å². The summed E-state index contributed by atoms with van der Waals surface area (Å²) in [5, 5.41) is 8.66. The molecule has 0 bridgehead atoms. The lowest BCUT2D eigenvalue weighted by Crippen LogP contribution is -2.81. The summed E-state index contributed by atoms with van der Waals surface area (Å²) in [4.78, 5) is 0. The van der Waals surface area contributed by atoms with Crippen LogP contribution in [0.4, 0.5) is 0 Å². The summed E-state index contributed by atoms with van der Waals surface area (Å²) in [6.45, 7) is 1.95. The first-order valence-electron chi connectivity index (χ1n) is 3.37. The van der Waals surface area contributed by atoms with E-state index in [1.54, 1.807) is 0 Å². The van der Waals surface area contributed by atoms with Gasteiger partial charge in [0.15, 0.2) is 0 Å². The van der Waals surface area contributed by atoms with Crippen LogP contribution in [-0.4, -0.2) is 5.21 Å². The minimum Gasteiger partial charge on any atom is -0.220 e. The van der Waals surface area contributed by atoms with Gasteiger partial charge in [-0.25, -0.2) is 5.21 Å². The van der Waals surface area contributed by atoms with Crippen molar-refractivity contribution in [2.45, 2.75) is 13.0 Å². The molecule has 2 nitrogen and oxygen atoms in total. The van der Waals surface area contributed by atoms with E-state index in [4.69, 9.17) is 5.21 Å². The largest absolute Gasteiger partial charge is 0.220 e. The minimum atomic E-state index is 0.140. The van der Waals surface area contributed by atoms with E-state index in [1.165, 1.54) is 5.48 Å². The Morgan fingerprint density at radius 2 is 1.90 bits per heavy atom. The van der Waals surface area contributed by atoms with E-state index in [9.17, 15) is 0 Å². The summed E-state index contributed by atoms with van der Waals surface area (Å²) in [6.07, 6.45) is 0. The molecule has 0 spiro atoms. The average Bonchev–Trinajstić information content (AvgIpc) is 2.05. The maximum absolute atomic E-state index is 8.66. The second kappa shape index (κ2) is 3.34. The van der Waals surface area contributed by atoms with Crippen LogP contribution in [0.1, 0.15) is 18.5 Å². The minimum absolute atomic E-state index is 0.140. The number of rotatable bonds is 2. The predicted octanol–water partition coefficient (Wildman–Crippen LogP) is 0.700. The molecule has 0 aliphatic heterocycles. The number of quaternary nitrogens is 1. The zero-order valence-corrected chi connectivity index (χ0v) is 5.99. The summed E-state index contributed by atoms with van der Waals surface area (Å²) in [5.74, 6) is 0. The molecular weight excluding hydrogens is 126 g/mol. The third-order valence-electron chi connectivity index (χ3n) is 1.55. The van der Waals surface area contributed by atoms with Gasteiger partial charge in [-0.15, -0.1) is 0 Å². The van der Waals surface area contributed by atoms with Crippen LogP contribution in [0.3, 0.4) is 0 Å². The van der Waals surface area contributed by atoms with Crippen molar-refractivity contribution in [3.8, 4) is 0 Å². The van der Waals surface area contributed by atoms with Gasteiger partial charge in [0.05, 0.1) is 0 Å². The highest BCUT2D eigenvalue weighted by Crippen LogP contribution is 2.05. The standard InChI is InChI=1S/C8H11NO/c1-7(9-10)8-5-3-2-4-6-8/h2-7,9-10H,1H3/p+1/t7-/m0/s1. The van der Waals surface area contributed by atoms with Crippen molar-refractivity contribution in [3.05, 3.63) is 35.9 Å². The zero-order chi connectivity index (χ0) is 7.40. The molecule has 0 fully saturated rings.